The highest BCUT2D eigenvalue weighted by molar-refractivity contribution is 7.70. The van der Waals surface area contributed by atoms with E-state index in [0.717, 1.165) is 6.20 Å². The molecule has 1 atom stereocenters. The summed E-state index contributed by atoms with van der Waals surface area (Å²) in [5.41, 5.74) is -1.86. The van der Waals surface area contributed by atoms with Crippen LogP contribution in [-0.4, -0.2) is 31.3 Å². The molecule has 0 saturated heterocycles. The summed E-state index contributed by atoms with van der Waals surface area (Å²) < 4.78 is 50.4. The van der Waals surface area contributed by atoms with Crippen LogP contribution >= 0.6 is 18.7 Å². The van der Waals surface area contributed by atoms with E-state index in [1.165, 1.54) is 11.2 Å². The molecule has 0 radical (unpaired) electrons. The molecule has 0 fully saturated rings. The summed E-state index contributed by atoms with van der Waals surface area (Å²) in [6.45, 7) is 3.25. The molecule has 1 aliphatic rings. The molecular formula is C13H13ClF3N2OP. The Bertz CT molecular complexity index is 634. The van der Waals surface area contributed by atoms with E-state index in [2.05, 4.69) is 4.99 Å². The molecule has 0 aliphatic carbocycles. The molecule has 1 heterocycles. The predicted molar refractivity (Wildman–Crippen MR) is 80.3 cm³/mol. The zero-order valence-corrected chi connectivity index (χ0v) is 13.0. The van der Waals surface area contributed by atoms with Crippen LogP contribution in [0.1, 0.15) is 0 Å². The predicted octanol–water partition coefficient (Wildman–Crippen LogP) is 3.79. The number of halogens is 4. The number of hydrogen-bond donors (Lipinski definition) is 0. The van der Waals surface area contributed by atoms with Gasteiger partial charge in [0.25, 0.3) is 0 Å². The van der Waals surface area contributed by atoms with Gasteiger partial charge < -0.3 is 9.46 Å². The third-order valence-corrected chi connectivity index (χ3v) is 4.99. The van der Waals surface area contributed by atoms with E-state index in [0.29, 0.717) is 11.0 Å². The molecule has 0 aromatic heterocycles. The third-order valence-electron chi connectivity index (χ3n) is 3.00. The SMILES string of the molecule is CP(C)(=O)c1ccc(N2C=NC=C(C(F)(F)F)C2Cl)cc1. The van der Waals surface area contributed by atoms with Gasteiger partial charge in [0.2, 0.25) is 0 Å². The lowest BCUT2D eigenvalue weighted by atomic mass is 10.2. The molecule has 1 aromatic rings. The Labute approximate surface area is 125 Å². The van der Waals surface area contributed by atoms with Crippen molar-refractivity contribution in [2.45, 2.75) is 11.7 Å². The average Bonchev–Trinajstić information content (AvgIpc) is 2.37. The zero-order valence-electron chi connectivity index (χ0n) is 11.3. The Morgan fingerprint density at radius 1 is 1.24 bits per heavy atom. The van der Waals surface area contributed by atoms with Gasteiger partial charge >= 0.3 is 6.18 Å². The fraction of sp³-hybridized carbons (Fsp3) is 0.308. The maximum absolute atomic E-state index is 12.8. The summed E-state index contributed by atoms with van der Waals surface area (Å²) in [5, 5.41) is 0.651. The van der Waals surface area contributed by atoms with Crippen LogP contribution in [0.4, 0.5) is 18.9 Å². The van der Waals surface area contributed by atoms with Crippen molar-refractivity contribution in [3.05, 3.63) is 36.0 Å². The molecule has 0 saturated carbocycles. The van der Waals surface area contributed by atoms with Gasteiger partial charge in [-0.15, -0.1) is 0 Å². The Balaban J connectivity index is 2.30. The number of benzene rings is 1. The lowest BCUT2D eigenvalue weighted by Gasteiger charge is -2.30. The van der Waals surface area contributed by atoms with Crippen LogP contribution in [0, 0.1) is 0 Å². The summed E-state index contributed by atoms with van der Waals surface area (Å²) >= 11 is 5.89. The molecular weight excluding hydrogens is 324 g/mol. The Morgan fingerprint density at radius 3 is 2.29 bits per heavy atom. The first-order valence-corrected chi connectivity index (χ1v) is 9.03. The largest absolute Gasteiger partial charge is 0.417 e. The van der Waals surface area contributed by atoms with Crippen molar-refractivity contribution in [3.8, 4) is 0 Å². The number of alkyl halides is 4. The van der Waals surface area contributed by atoms with E-state index >= 15 is 0 Å². The molecule has 114 valence electrons. The highest BCUT2D eigenvalue weighted by Gasteiger charge is 2.41. The minimum atomic E-state index is -4.54. The fourth-order valence-electron chi connectivity index (χ4n) is 1.84. The van der Waals surface area contributed by atoms with Gasteiger partial charge in [0.05, 0.1) is 11.9 Å². The van der Waals surface area contributed by atoms with Gasteiger partial charge in [0.15, 0.2) is 0 Å². The second-order valence-corrected chi connectivity index (χ2v) is 8.59. The Hall–Kier alpha value is -1.26. The summed E-state index contributed by atoms with van der Waals surface area (Å²) in [6.07, 6.45) is -2.58. The van der Waals surface area contributed by atoms with Crippen molar-refractivity contribution < 1.29 is 17.7 Å². The normalized spacial score (nSPS) is 19.6. The summed E-state index contributed by atoms with van der Waals surface area (Å²) in [7, 11) is -2.41. The van der Waals surface area contributed by atoms with E-state index in [1.807, 2.05) is 0 Å². The van der Waals surface area contributed by atoms with Crippen molar-refractivity contribution in [1.29, 1.82) is 0 Å². The third kappa shape index (κ3) is 3.50. The molecule has 2 rings (SSSR count). The number of nitrogens with zero attached hydrogens (tertiary/aromatic N) is 2. The van der Waals surface area contributed by atoms with Crippen molar-refractivity contribution in [2.75, 3.05) is 18.2 Å². The van der Waals surface area contributed by atoms with Gasteiger partial charge in [-0.2, -0.15) is 13.2 Å². The van der Waals surface area contributed by atoms with Gasteiger partial charge in [-0.3, -0.25) is 0 Å². The number of rotatable bonds is 2. The molecule has 0 N–H and O–H groups in total. The minimum absolute atomic E-state index is 0.450. The molecule has 0 spiro atoms. The topological polar surface area (TPSA) is 32.7 Å². The van der Waals surface area contributed by atoms with Gasteiger partial charge in [-0.05, 0) is 37.6 Å². The smallest absolute Gasteiger partial charge is 0.319 e. The highest BCUT2D eigenvalue weighted by Crippen LogP contribution is 2.37. The van der Waals surface area contributed by atoms with Gasteiger partial charge in [0, 0.05) is 17.2 Å². The molecule has 8 heteroatoms. The second-order valence-electron chi connectivity index (χ2n) is 4.96. The first-order chi connectivity index (χ1) is 9.60. The van der Waals surface area contributed by atoms with E-state index in [9.17, 15) is 17.7 Å². The summed E-state index contributed by atoms with van der Waals surface area (Å²) in [4.78, 5) is 4.80. The molecule has 1 aromatic carbocycles. The van der Waals surface area contributed by atoms with Crippen LogP contribution in [0.2, 0.25) is 0 Å². The second kappa shape index (κ2) is 5.50. The van der Waals surface area contributed by atoms with Crippen LogP contribution in [-0.2, 0) is 4.57 Å². The molecule has 3 nitrogen and oxygen atoms in total. The monoisotopic (exact) mass is 336 g/mol. The average molecular weight is 337 g/mol. The van der Waals surface area contributed by atoms with Crippen molar-refractivity contribution >= 4 is 36.1 Å². The first kappa shape index (κ1) is 16.1. The van der Waals surface area contributed by atoms with E-state index < -0.39 is 24.4 Å². The van der Waals surface area contributed by atoms with Crippen LogP contribution in [0.15, 0.2) is 41.0 Å². The van der Waals surface area contributed by atoms with Crippen molar-refractivity contribution in [2.24, 2.45) is 4.99 Å². The lowest BCUT2D eigenvalue weighted by molar-refractivity contribution is -0.0936. The van der Waals surface area contributed by atoms with Crippen molar-refractivity contribution in [3.63, 3.8) is 0 Å². The highest BCUT2D eigenvalue weighted by atomic mass is 35.5. The minimum Gasteiger partial charge on any atom is -0.319 e. The molecule has 0 amide bonds. The molecule has 1 unspecified atom stereocenters. The summed E-state index contributed by atoms with van der Waals surface area (Å²) in [5.74, 6) is 0. The molecule has 21 heavy (non-hydrogen) atoms. The van der Waals surface area contributed by atoms with E-state index in [-0.39, 0.29) is 0 Å². The number of aliphatic imine (C=N–C) groups is 1. The molecule has 1 aliphatic heterocycles. The van der Waals surface area contributed by atoms with E-state index in [4.69, 9.17) is 11.6 Å². The zero-order chi connectivity index (χ0) is 15.8. The van der Waals surface area contributed by atoms with Crippen molar-refractivity contribution in [1.82, 2.24) is 0 Å². The van der Waals surface area contributed by atoms with E-state index in [1.54, 1.807) is 37.6 Å². The summed E-state index contributed by atoms with van der Waals surface area (Å²) in [6, 6.07) is 6.41. The fourth-order valence-corrected chi connectivity index (χ4v) is 3.06. The quantitative estimate of drug-likeness (QED) is 0.467. The first-order valence-electron chi connectivity index (χ1n) is 5.99. The van der Waals surface area contributed by atoms with Crippen LogP contribution < -0.4 is 10.2 Å². The standard InChI is InChI=1S/C13H13ClF3N2OP/c1-21(2,20)10-5-3-9(4-6-10)19-8-18-7-11(12(19)14)13(15,16)17/h3-8,12H,1-2H3. The van der Waals surface area contributed by atoms with Crippen LogP contribution in [0.25, 0.3) is 0 Å². The number of anilines is 1. The molecule has 0 bridgehead atoms. The maximum Gasteiger partial charge on any atom is 0.417 e. The van der Waals surface area contributed by atoms with Gasteiger partial charge in [-0.1, -0.05) is 11.6 Å². The van der Waals surface area contributed by atoms with Gasteiger partial charge in [-0.25, -0.2) is 4.99 Å². The maximum atomic E-state index is 12.8. The lowest BCUT2D eigenvalue weighted by Crippen LogP contribution is -2.38. The Kier molecular flexibility index (Phi) is 4.22. The van der Waals surface area contributed by atoms with Crippen LogP contribution in [0.3, 0.4) is 0 Å². The number of hydrogen-bond acceptors (Lipinski definition) is 3. The van der Waals surface area contributed by atoms with Crippen LogP contribution in [0.5, 0.6) is 0 Å². The Morgan fingerprint density at radius 2 is 1.81 bits per heavy atom. The van der Waals surface area contributed by atoms with Gasteiger partial charge in [0.1, 0.15) is 12.6 Å².